The molecule has 2 aromatic heterocycles. The number of anilines is 1. The smallest absolute Gasteiger partial charge is 0.159 e. The standard InChI is InChI=1S/C24H29FN6O/c1-4-30(5-2)12-18-13-31(15(3)14-32-18)17-7-9-20-22(11-17)27-24(26-20)23-19-8-6-16(25)10-21(19)28-29-23/h6-11,15,18H,4-5,12-14H2,1-3H3,(H,26,27)(H,28,29). The van der Waals surface area contributed by atoms with E-state index in [1.54, 1.807) is 6.07 Å². The fourth-order valence-electron chi connectivity index (χ4n) is 4.52. The number of nitrogens with one attached hydrogen (secondary N) is 2. The van der Waals surface area contributed by atoms with Crippen LogP contribution in [0.2, 0.25) is 0 Å². The van der Waals surface area contributed by atoms with Gasteiger partial charge < -0.3 is 19.5 Å². The second-order valence-electron chi connectivity index (χ2n) is 8.49. The van der Waals surface area contributed by atoms with Gasteiger partial charge in [0.25, 0.3) is 0 Å². The van der Waals surface area contributed by atoms with E-state index in [1.165, 1.54) is 12.1 Å². The van der Waals surface area contributed by atoms with Crippen LogP contribution in [0.25, 0.3) is 33.5 Å². The van der Waals surface area contributed by atoms with Crippen molar-refractivity contribution in [2.45, 2.75) is 32.9 Å². The molecule has 2 unspecified atom stereocenters. The summed E-state index contributed by atoms with van der Waals surface area (Å²) in [6.07, 6.45) is 0.190. The molecule has 1 aliphatic rings. The van der Waals surface area contributed by atoms with Crippen LogP contribution in [0.5, 0.6) is 0 Å². The van der Waals surface area contributed by atoms with Gasteiger partial charge in [0.2, 0.25) is 0 Å². The molecule has 0 amide bonds. The van der Waals surface area contributed by atoms with Crippen LogP contribution in [0.1, 0.15) is 20.8 Å². The molecular weight excluding hydrogens is 407 g/mol. The predicted octanol–water partition coefficient (Wildman–Crippen LogP) is 4.18. The fourth-order valence-corrected chi connectivity index (χ4v) is 4.52. The van der Waals surface area contributed by atoms with Gasteiger partial charge in [-0.3, -0.25) is 5.10 Å². The number of halogens is 1. The monoisotopic (exact) mass is 436 g/mol. The van der Waals surface area contributed by atoms with Crippen molar-refractivity contribution >= 4 is 27.6 Å². The van der Waals surface area contributed by atoms with Gasteiger partial charge in [0.1, 0.15) is 11.5 Å². The van der Waals surface area contributed by atoms with E-state index in [2.05, 4.69) is 57.9 Å². The predicted molar refractivity (Wildman–Crippen MR) is 125 cm³/mol. The molecular formula is C24H29FN6O. The summed E-state index contributed by atoms with van der Waals surface area (Å²) < 4.78 is 19.6. The van der Waals surface area contributed by atoms with Crippen LogP contribution in [0.3, 0.4) is 0 Å². The zero-order valence-corrected chi connectivity index (χ0v) is 18.7. The average Bonchev–Trinajstić information content (AvgIpc) is 3.41. The van der Waals surface area contributed by atoms with Crippen molar-refractivity contribution in [1.82, 2.24) is 25.1 Å². The Kier molecular flexibility index (Phi) is 5.57. The molecule has 4 aromatic rings. The normalized spacial score (nSPS) is 19.5. The number of ether oxygens (including phenoxy) is 1. The van der Waals surface area contributed by atoms with Gasteiger partial charge in [0.15, 0.2) is 5.82 Å². The average molecular weight is 437 g/mol. The highest BCUT2D eigenvalue weighted by atomic mass is 19.1. The molecule has 168 valence electrons. The second kappa shape index (κ2) is 8.52. The van der Waals surface area contributed by atoms with Crippen LogP contribution in [0, 0.1) is 5.82 Å². The first-order valence-electron chi connectivity index (χ1n) is 11.3. The maximum atomic E-state index is 13.5. The lowest BCUT2D eigenvalue weighted by Gasteiger charge is -2.41. The number of hydrogen-bond acceptors (Lipinski definition) is 5. The van der Waals surface area contributed by atoms with E-state index in [-0.39, 0.29) is 11.9 Å². The van der Waals surface area contributed by atoms with Crippen LogP contribution in [-0.2, 0) is 4.74 Å². The molecule has 0 bridgehead atoms. The van der Waals surface area contributed by atoms with Crippen LogP contribution in [0.4, 0.5) is 10.1 Å². The number of imidazole rings is 1. The van der Waals surface area contributed by atoms with Crippen molar-refractivity contribution in [3.8, 4) is 11.5 Å². The third-order valence-electron chi connectivity index (χ3n) is 6.41. The van der Waals surface area contributed by atoms with Crippen LogP contribution < -0.4 is 4.90 Å². The molecule has 0 radical (unpaired) electrons. The maximum Gasteiger partial charge on any atom is 0.159 e. The quantitative estimate of drug-likeness (QED) is 0.474. The summed E-state index contributed by atoms with van der Waals surface area (Å²) in [6, 6.07) is 11.2. The highest BCUT2D eigenvalue weighted by molar-refractivity contribution is 5.93. The van der Waals surface area contributed by atoms with E-state index >= 15 is 0 Å². The first-order chi connectivity index (χ1) is 15.6. The maximum absolute atomic E-state index is 13.5. The molecule has 5 rings (SSSR count). The first kappa shape index (κ1) is 20.9. The van der Waals surface area contributed by atoms with Gasteiger partial charge in [-0.2, -0.15) is 5.10 Å². The molecule has 0 spiro atoms. The number of morpholine rings is 1. The third-order valence-corrected chi connectivity index (χ3v) is 6.41. The van der Waals surface area contributed by atoms with Crippen molar-refractivity contribution < 1.29 is 9.13 Å². The Labute approximate surface area is 186 Å². The summed E-state index contributed by atoms with van der Waals surface area (Å²) in [5.41, 5.74) is 4.33. The Bertz CT molecular complexity index is 1230. The number of benzene rings is 2. The second-order valence-corrected chi connectivity index (χ2v) is 8.49. The molecule has 1 aliphatic heterocycles. The van der Waals surface area contributed by atoms with Crippen LogP contribution in [0.15, 0.2) is 36.4 Å². The first-order valence-corrected chi connectivity index (χ1v) is 11.3. The van der Waals surface area contributed by atoms with E-state index in [1.807, 2.05) is 6.07 Å². The third kappa shape index (κ3) is 3.84. The van der Waals surface area contributed by atoms with Crippen molar-refractivity contribution in [3.05, 3.63) is 42.2 Å². The zero-order valence-electron chi connectivity index (χ0n) is 18.7. The Morgan fingerprint density at radius 3 is 2.81 bits per heavy atom. The van der Waals surface area contributed by atoms with Gasteiger partial charge in [-0.1, -0.05) is 13.8 Å². The van der Waals surface area contributed by atoms with Gasteiger partial charge >= 0.3 is 0 Å². The number of nitrogens with zero attached hydrogens (tertiary/aromatic N) is 4. The molecule has 2 aromatic carbocycles. The van der Waals surface area contributed by atoms with Gasteiger partial charge in [0.05, 0.1) is 29.3 Å². The summed E-state index contributed by atoms with van der Waals surface area (Å²) in [5.74, 6) is 0.380. The summed E-state index contributed by atoms with van der Waals surface area (Å²) in [7, 11) is 0. The summed E-state index contributed by atoms with van der Waals surface area (Å²) in [4.78, 5) is 13.0. The number of hydrogen-bond donors (Lipinski definition) is 2. The number of H-pyrrole nitrogens is 2. The van der Waals surface area contributed by atoms with E-state index in [9.17, 15) is 4.39 Å². The minimum Gasteiger partial charge on any atom is -0.373 e. The number of aromatic nitrogens is 4. The molecule has 0 saturated carbocycles. The highest BCUT2D eigenvalue weighted by Crippen LogP contribution is 2.29. The summed E-state index contributed by atoms with van der Waals surface area (Å²) in [6.45, 7) is 11.2. The molecule has 2 atom stereocenters. The molecule has 3 heterocycles. The lowest BCUT2D eigenvalue weighted by molar-refractivity contribution is 0.00265. The summed E-state index contributed by atoms with van der Waals surface area (Å²) >= 11 is 0. The topological polar surface area (TPSA) is 73.1 Å². The van der Waals surface area contributed by atoms with Gasteiger partial charge in [-0.25, -0.2) is 9.37 Å². The Morgan fingerprint density at radius 1 is 1.16 bits per heavy atom. The number of aromatic amines is 2. The molecule has 1 saturated heterocycles. The molecule has 8 heteroatoms. The van der Waals surface area contributed by atoms with E-state index in [0.717, 1.165) is 48.3 Å². The number of fused-ring (bicyclic) bond motifs is 2. The minimum atomic E-state index is -0.291. The van der Waals surface area contributed by atoms with Crippen LogP contribution in [-0.4, -0.2) is 70.0 Å². The van der Waals surface area contributed by atoms with Crippen molar-refractivity contribution in [2.75, 3.05) is 37.7 Å². The van der Waals surface area contributed by atoms with Gasteiger partial charge in [0, 0.05) is 30.2 Å². The lowest BCUT2D eigenvalue weighted by Crippen LogP contribution is -2.52. The van der Waals surface area contributed by atoms with Gasteiger partial charge in [-0.15, -0.1) is 0 Å². The largest absolute Gasteiger partial charge is 0.373 e. The Hall–Kier alpha value is -2.97. The SMILES string of the molecule is CCN(CC)CC1CN(c2ccc3nc(-c4n[nH]c5cc(F)ccc45)[nH]c3c2)C(C)CO1. The van der Waals surface area contributed by atoms with Gasteiger partial charge in [-0.05, 0) is 56.4 Å². The van der Waals surface area contributed by atoms with Crippen molar-refractivity contribution in [2.24, 2.45) is 0 Å². The molecule has 1 fully saturated rings. The molecule has 32 heavy (non-hydrogen) atoms. The van der Waals surface area contributed by atoms with E-state index < -0.39 is 0 Å². The molecule has 0 aliphatic carbocycles. The Morgan fingerprint density at radius 2 is 2.00 bits per heavy atom. The summed E-state index contributed by atoms with van der Waals surface area (Å²) in [5, 5.41) is 8.10. The lowest BCUT2D eigenvalue weighted by atomic mass is 10.1. The van der Waals surface area contributed by atoms with Crippen molar-refractivity contribution in [1.29, 1.82) is 0 Å². The number of likely N-dealkylation sites (N-methyl/N-ethyl adjacent to an activating group) is 1. The van der Waals surface area contributed by atoms with Crippen LogP contribution >= 0.6 is 0 Å². The van der Waals surface area contributed by atoms with E-state index in [4.69, 9.17) is 9.72 Å². The number of rotatable bonds is 6. The zero-order chi connectivity index (χ0) is 22.2. The van der Waals surface area contributed by atoms with E-state index in [0.29, 0.717) is 29.7 Å². The highest BCUT2D eigenvalue weighted by Gasteiger charge is 2.27. The molecule has 7 nitrogen and oxygen atoms in total. The molecule has 2 N–H and O–H groups in total. The minimum absolute atomic E-state index is 0.190. The Balaban J connectivity index is 1.43. The fraction of sp³-hybridized carbons (Fsp3) is 0.417. The van der Waals surface area contributed by atoms with Crippen molar-refractivity contribution in [3.63, 3.8) is 0 Å².